The Hall–Kier alpha value is -3.13. The number of benzene rings is 1. The number of carbonyl (C=O) groups is 1. The van der Waals surface area contributed by atoms with Crippen molar-refractivity contribution in [1.29, 1.82) is 0 Å². The monoisotopic (exact) mass is 331 g/mol. The summed E-state index contributed by atoms with van der Waals surface area (Å²) >= 11 is 0. The molecule has 0 aliphatic heterocycles. The third-order valence-corrected chi connectivity index (χ3v) is 3.19. The van der Waals surface area contributed by atoms with E-state index in [1.54, 1.807) is 0 Å². The number of aliphatic hydroxyl groups is 1. The van der Waals surface area contributed by atoms with Gasteiger partial charge in [0.05, 0.1) is 5.56 Å². The van der Waals surface area contributed by atoms with E-state index < -0.39 is 17.4 Å². The van der Waals surface area contributed by atoms with Crippen molar-refractivity contribution < 1.29 is 23.1 Å². The summed E-state index contributed by atoms with van der Waals surface area (Å²) in [5.74, 6) is -1.92. The molecule has 0 amide bonds. The van der Waals surface area contributed by atoms with Crippen LogP contribution < -0.4 is 0 Å². The number of hydrogen-bond acceptors (Lipinski definition) is 5. The molecule has 6 nitrogen and oxygen atoms in total. The number of rotatable bonds is 5. The highest BCUT2D eigenvalue weighted by atomic mass is 19.1. The molecule has 0 spiro atoms. The van der Waals surface area contributed by atoms with Crippen LogP contribution in [-0.2, 0) is 6.61 Å². The van der Waals surface area contributed by atoms with Gasteiger partial charge in [-0.15, -0.1) is 0 Å². The van der Waals surface area contributed by atoms with Gasteiger partial charge >= 0.3 is 0 Å². The number of hydrogen-bond donors (Lipinski definition) is 1. The van der Waals surface area contributed by atoms with Gasteiger partial charge in [-0.25, -0.2) is 18.4 Å². The smallest absolute Gasteiger partial charge is 0.214 e. The first-order chi connectivity index (χ1) is 11.6. The summed E-state index contributed by atoms with van der Waals surface area (Å²) in [5, 5.41) is 12.9. The summed E-state index contributed by atoms with van der Waals surface area (Å²) in [6.07, 6.45) is 3.81. The fourth-order valence-corrected chi connectivity index (χ4v) is 2.07. The Morgan fingerprint density at radius 3 is 2.75 bits per heavy atom. The average Bonchev–Trinajstić information content (AvgIpc) is 3.23. The quantitative estimate of drug-likeness (QED) is 0.574. The first kappa shape index (κ1) is 15.8. The second-order valence-corrected chi connectivity index (χ2v) is 4.79. The van der Waals surface area contributed by atoms with E-state index in [-0.39, 0.29) is 23.6 Å². The van der Waals surface area contributed by atoms with E-state index in [4.69, 9.17) is 9.52 Å². The van der Waals surface area contributed by atoms with Gasteiger partial charge in [0.2, 0.25) is 5.78 Å². The lowest BCUT2D eigenvalue weighted by Crippen LogP contribution is -2.11. The van der Waals surface area contributed by atoms with E-state index in [1.165, 1.54) is 30.9 Å². The molecule has 0 atom stereocenters. The first-order valence-corrected chi connectivity index (χ1v) is 6.84. The Labute approximate surface area is 134 Å². The maximum absolute atomic E-state index is 13.9. The van der Waals surface area contributed by atoms with E-state index in [0.29, 0.717) is 11.8 Å². The minimum Gasteiger partial charge on any atom is -0.459 e. The zero-order valence-corrected chi connectivity index (χ0v) is 12.2. The van der Waals surface area contributed by atoms with Crippen molar-refractivity contribution in [3.8, 4) is 0 Å². The number of carbonyl (C=O) groups excluding carboxylic acids is 1. The van der Waals surface area contributed by atoms with Gasteiger partial charge in [0, 0.05) is 12.1 Å². The highest BCUT2D eigenvalue weighted by Crippen LogP contribution is 2.20. The SMILES string of the molecule is O=C(/C(=C/c1ccc(CO)o1)n1cncn1)c1ccc(F)cc1F. The Bertz CT molecular complexity index is 901. The number of nitrogens with zero attached hydrogens (tertiary/aromatic N) is 3. The maximum Gasteiger partial charge on any atom is 0.214 e. The van der Waals surface area contributed by atoms with Gasteiger partial charge in [-0.1, -0.05) is 0 Å². The average molecular weight is 331 g/mol. The molecule has 24 heavy (non-hydrogen) atoms. The summed E-state index contributed by atoms with van der Waals surface area (Å²) in [5.41, 5.74) is -0.357. The summed E-state index contributed by atoms with van der Waals surface area (Å²) < 4.78 is 33.4. The molecular weight excluding hydrogens is 320 g/mol. The lowest BCUT2D eigenvalue weighted by Gasteiger charge is -2.07. The van der Waals surface area contributed by atoms with Crippen molar-refractivity contribution in [3.05, 3.63) is 71.7 Å². The maximum atomic E-state index is 13.9. The lowest BCUT2D eigenvalue weighted by molar-refractivity contribution is 0.104. The predicted octanol–water partition coefficient (Wildman–Crippen LogP) is 2.52. The molecule has 122 valence electrons. The fraction of sp³-hybridized carbons (Fsp3) is 0.0625. The van der Waals surface area contributed by atoms with Gasteiger partial charge in [0.1, 0.15) is 48.1 Å². The summed E-state index contributed by atoms with van der Waals surface area (Å²) in [6, 6.07) is 5.75. The van der Waals surface area contributed by atoms with Gasteiger partial charge in [0.15, 0.2) is 0 Å². The van der Waals surface area contributed by atoms with Crippen molar-refractivity contribution >= 4 is 17.6 Å². The number of ketones is 1. The van der Waals surface area contributed by atoms with E-state index >= 15 is 0 Å². The number of Topliss-reactive ketones (excluding diaryl/α,β-unsaturated/α-hetero) is 1. The number of halogens is 2. The number of aromatic nitrogens is 3. The minimum absolute atomic E-state index is 0.0446. The van der Waals surface area contributed by atoms with Crippen LogP contribution in [0.3, 0.4) is 0 Å². The van der Waals surface area contributed by atoms with Gasteiger partial charge in [-0.3, -0.25) is 4.79 Å². The van der Waals surface area contributed by atoms with E-state index in [1.807, 2.05) is 0 Å². The molecule has 0 radical (unpaired) electrons. The van der Waals surface area contributed by atoms with Gasteiger partial charge < -0.3 is 9.52 Å². The van der Waals surface area contributed by atoms with Crippen molar-refractivity contribution in [2.24, 2.45) is 0 Å². The Morgan fingerprint density at radius 1 is 1.29 bits per heavy atom. The molecule has 8 heteroatoms. The van der Waals surface area contributed by atoms with Gasteiger partial charge in [0.25, 0.3) is 0 Å². The standard InChI is InChI=1S/C16H11F2N3O3/c17-10-1-4-13(14(18)5-10)16(23)15(21-9-19-8-20-21)6-11-2-3-12(7-22)24-11/h1-6,8-9,22H,7H2/b15-6-. The Balaban J connectivity index is 2.06. The van der Waals surface area contributed by atoms with E-state index in [2.05, 4.69) is 10.1 Å². The molecule has 0 bridgehead atoms. The van der Waals surface area contributed by atoms with Gasteiger partial charge in [-0.2, -0.15) is 5.10 Å². The number of aliphatic hydroxyl groups excluding tert-OH is 1. The molecule has 0 fully saturated rings. The fourth-order valence-electron chi connectivity index (χ4n) is 2.07. The molecule has 1 N–H and O–H groups in total. The van der Waals surface area contributed by atoms with Crippen LogP contribution in [0.5, 0.6) is 0 Å². The molecule has 1 aromatic carbocycles. The topological polar surface area (TPSA) is 81.1 Å². The number of furan rings is 1. The molecule has 0 aliphatic rings. The molecule has 0 saturated carbocycles. The highest BCUT2D eigenvalue weighted by Gasteiger charge is 2.20. The zero-order chi connectivity index (χ0) is 17.1. The van der Waals surface area contributed by atoms with Crippen molar-refractivity contribution in [3.63, 3.8) is 0 Å². The van der Waals surface area contributed by atoms with Crippen LogP contribution in [0.15, 0.2) is 47.4 Å². The van der Waals surface area contributed by atoms with Crippen LogP contribution in [0, 0.1) is 11.6 Å². The third kappa shape index (κ3) is 3.13. The second-order valence-electron chi connectivity index (χ2n) is 4.79. The molecule has 2 heterocycles. The predicted molar refractivity (Wildman–Crippen MR) is 79.5 cm³/mol. The largest absolute Gasteiger partial charge is 0.459 e. The van der Waals surface area contributed by atoms with Crippen LogP contribution in [-0.4, -0.2) is 25.7 Å². The van der Waals surface area contributed by atoms with Crippen LogP contribution in [0.4, 0.5) is 8.78 Å². The molecular formula is C16H11F2N3O3. The summed E-state index contributed by atoms with van der Waals surface area (Å²) in [7, 11) is 0. The summed E-state index contributed by atoms with van der Waals surface area (Å²) in [6.45, 7) is -0.299. The highest BCUT2D eigenvalue weighted by molar-refractivity contribution is 6.27. The third-order valence-electron chi connectivity index (χ3n) is 3.19. The lowest BCUT2D eigenvalue weighted by atomic mass is 10.1. The molecule has 3 rings (SSSR count). The van der Waals surface area contributed by atoms with Gasteiger partial charge in [-0.05, 0) is 24.3 Å². The zero-order valence-electron chi connectivity index (χ0n) is 12.2. The molecule has 3 aromatic rings. The van der Waals surface area contributed by atoms with Crippen molar-refractivity contribution in [1.82, 2.24) is 14.8 Å². The van der Waals surface area contributed by atoms with Crippen molar-refractivity contribution in [2.45, 2.75) is 6.61 Å². The summed E-state index contributed by atoms with van der Waals surface area (Å²) in [4.78, 5) is 16.4. The minimum atomic E-state index is -0.985. The van der Waals surface area contributed by atoms with Crippen LogP contribution >= 0.6 is 0 Å². The first-order valence-electron chi connectivity index (χ1n) is 6.84. The van der Waals surface area contributed by atoms with E-state index in [9.17, 15) is 13.6 Å². The molecule has 0 aliphatic carbocycles. The van der Waals surface area contributed by atoms with Crippen LogP contribution in [0.2, 0.25) is 0 Å². The second kappa shape index (κ2) is 6.55. The Morgan fingerprint density at radius 2 is 2.12 bits per heavy atom. The van der Waals surface area contributed by atoms with E-state index in [0.717, 1.165) is 16.8 Å². The number of allylic oxidation sites excluding steroid dienone is 1. The molecule has 0 saturated heterocycles. The van der Waals surface area contributed by atoms with Crippen LogP contribution in [0.1, 0.15) is 21.9 Å². The molecule has 0 unspecified atom stereocenters. The normalized spacial score (nSPS) is 11.7. The van der Waals surface area contributed by atoms with Crippen molar-refractivity contribution in [2.75, 3.05) is 0 Å². The molecule has 2 aromatic heterocycles. The van der Waals surface area contributed by atoms with Crippen LogP contribution in [0.25, 0.3) is 11.8 Å². The Kier molecular flexibility index (Phi) is 4.30.